The van der Waals surface area contributed by atoms with Gasteiger partial charge in [-0.3, -0.25) is 0 Å². The van der Waals surface area contributed by atoms with Crippen molar-refractivity contribution in [3.05, 3.63) is 29.3 Å². The first-order valence-corrected chi connectivity index (χ1v) is 9.28. The molecule has 1 N–H and O–H groups in total. The van der Waals surface area contributed by atoms with Crippen LogP contribution in [0.15, 0.2) is 12.1 Å². The predicted octanol–water partition coefficient (Wildman–Crippen LogP) is 4.45. The standard InChI is InChI=1S/C15H18F2N2S2/c16-12-9-14(19-4-2-10(18)3-5-19)13(17)8-11(12)15-20-6-1-7-21-15/h8-9,15,18H,1-7H2. The lowest BCUT2D eigenvalue weighted by Gasteiger charge is -2.30. The van der Waals surface area contributed by atoms with Crippen LogP contribution in [0.5, 0.6) is 0 Å². The summed E-state index contributed by atoms with van der Waals surface area (Å²) < 4.78 is 28.8. The molecule has 2 aliphatic rings. The Morgan fingerprint density at radius 2 is 1.71 bits per heavy atom. The van der Waals surface area contributed by atoms with E-state index in [0.29, 0.717) is 42.9 Å². The van der Waals surface area contributed by atoms with Crippen molar-refractivity contribution in [3.63, 3.8) is 0 Å². The molecule has 2 heterocycles. The van der Waals surface area contributed by atoms with Gasteiger partial charge < -0.3 is 10.3 Å². The summed E-state index contributed by atoms with van der Waals surface area (Å²) in [4.78, 5) is 1.85. The molecule has 0 saturated carbocycles. The molecule has 0 aliphatic carbocycles. The van der Waals surface area contributed by atoms with Crippen molar-refractivity contribution in [3.8, 4) is 0 Å². The second-order valence-electron chi connectivity index (χ2n) is 5.34. The van der Waals surface area contributed by atoms with Gasteiger partial charge in [0.15, 0.2) is 0 Å². The summed E-state index contributed by atoms with van der Waals surface area (Å²) in [5, 5.41) is 7.60. The van der Waals surface area contributed by atoms with E-state index >= 15 is 0 Å². The molecule has 1 aromatic rings. The molecule has 0 spiro atoms. The smallest absolute Gasteiger partial charge is 0.147 e. The Morgan fingerprint density at radius 3 is 2.38 bits per heavy atom. The lowest BCUT2D eigenvalue weighted by molar-refractivity contribution is 0.582. The molecule has 1 aromatic carbocycles. The first-order chi connectivity index (χ1) is 10.1. The molecular weight excluding hydrogens is 310 g/mol. The number of rotatable bonds is 2. The number of nitrogens with zero attached hydrogens (tertiary/aromatic N) is 1. The molecule has 2 aliphatic heterocycles. The quantitative estimate of drug-likeness (QED) is 0.869. The number of halogens is 2. The predicted molar refractivity (Wildman–Crippen MR) is 87.8 cm³/mol. The van der Waals surface area contributed by atoms with E-state index in [0.717, 1.165) is 17.9 Å². The number of benzene rings is 1. The molecule has 0 amide bonds. The van der Waals surface area contributed by atoms with Crippen LogP contribution in [0, 0.1) is 17.0 Å². The second kappa shape index (κ2) is 6.57. The zero-order chi connectivity index (χ0) is 14.8. The van der Waals surface area contributed by atoms with Crippen LogP contribution in [-0.2, 0) is 0 Å². The van der Waals surface area contributed by atoms with E-state index in [9.17, 15) is 8.78 Å². The molecule has 6 heteroatoms. The Kier molecular flexibility index (Phi) is 4.74. The first kappa shape index (κ1) is 15.2. The first-order valence-electron chi connectivity index (χ1n) is 7.18. The zero-order valence-electron chi connectivity index (χ0n) is 11.7. The van der Waals surface area contributed by atoms with E-state index in [-0.39, 0.29) is 16.2 Å². The van der Waals surface area contributed by atoms with Crippen LogP contribution in [0.1, 0.15) is 29.4 Å². The van der Waals surface area contributed by atoms with Crippen LogP contribution in [0.2, 0.25) is 0 Å². The number of thioether (sulfide) groups is 2. The largest absolute Gasteiger partial charge is 0.368 e. The minimum absolute atomic E-state index is 0.0110. The Hall–Kier alpha value is -0.750. The third kappa shape index (κ3) is 3.37. The fraction of sp³-hybridized carbons (Fsp3) is 0.533. The molecule has 21 heavy (non-hydrogen) atoms. The molecule has 114 valence electrons. The SMILES string of the molecule is N=C1CCN(c2cc(F)c(C3SCCCS3)cc2F)CC1. The summed E-state index contributed by atoms with van der Waals surface area (Å²) in [6.45, 7) is 1.20. The molecule has 0 radical (unpaired) electrons. The lowest BCUT2D eigenvalue weighted by Crippen LogP contribution is -2.34. The Bertz CT molecular complexity index is 535. The number of piperidine rings is 1. The van der Waals surface area contributed by atoms with Gasteiger partial charge in [0.2, 0.25) is 0 Å². The fourth-order valence-corrected chi connectivity index (χ4v) is 5.58. The third-order valence-corrected chi connectivity index (χ3v) is 6.83. The normalized spacial score (nSPS) is 20.9. The van der Waals surface area contributed by atoms with Crippen LogP contribution < -0.4 is 4.90 Å². The van der Waals surface area contributed by atoms with Gasteiger partial charge in [-0.1, -0.05) is 0 Å². The van der Waals surface area contributed by atoms with Crippen molar-refractivity contribution in [1.29, 1.82) is 5.41 Å². The topological polar surface area (TPSA) is 27.1 Å². The highest BCUT2D eigenvalue weighted by molar-refractivity contribution is 8.16. The maximum atomic E-state index is 14.4. The van der Waals surface area contributed by atoms with Crippen molar-refractivity contribution in [2.75, 3.05) is 29.5 Å². The minimum Gasteiger partial charge on any atom is -0.368 e. The second-order valence-corrected chi connectivity index (χ2v) is 8.07. The average Bonchev–Trinajstić information content (AvgIpc) is 2.51. The Morgan fingerprint density at radius 1 is 1.05 bits per heavy atom. The van der Waals surface area contributed by atoms with E-state index in [4.69, 9.17) is 5.41 Å². The Labute approximate surface area is 132 Å². The van der Waals surface area contributed by atoms with Crippen molar-refractivity contribution in [2.24, 2.45) is 0 Å². The molecule has 2 nitrogen and oxygen atoms in total. The van der Waals surface area contributed by atoms with Crippen LogP contribution in [0.3, 0.4) is 0 Å². The number of hydrogen-bond acceptors (Lipinski definition) is 4. The highest BCUT2D eigenvalue weighted by Crippen LogP contribution is 2.45. The molecule has 0 atom stereocenters. The summed E-state index contributed by atoms with van der Waals surface area (Å²) in [6, 6.07) is 2.72. The van der Waals surface area contributed by atoms with Gasteiger partial charge in [0.05, 0.1) is 10.3 Å². The van der Waals surface area contributed by atoms with E-state index in [1.807, 2.05) is 4.90 Å². The molecule has 0 aromatic heterocycles. The molecular formula is C15H18F2N2S2. The van der Waals surface area contributed by atoms with Gasteiger partial charge in [0.1, 0.15) is 11.6 Å². The number of hydrogen-bond donors (Lipinski definition) is 1. The van der Waals surface area contributed by atoms with Crippen molar-refractivity contribution in [1.82, 2.24) is 0 Å². The number of nitrogens with one attached hydrogen (secondary N) is 1. The maximum absolute atomic E-state index is 14.4. The van der Waals surface area contributed by atoms with E-state index < -0.39 is 0 Å². The van der Waals surface area contributed by atoms with Crippen LogP contribution >= 0.6 is 23.5 Å². The fourth-order valence-electron chi connectivity index (χ4n) is 2.66. The zero-order valence-corrected chi connectivity index (χ0v) is 13.3. The minimum atomic E-state index is -0.341. The highest BCUT2D eigenvalue weighted by Gasteiger charge is 2.24. The maximum Gasteiger partial charge on any atom is 0.147 e. The van der Waals surface area contributed by atoms with Gasteiger partial charge >= 0.3 is 0 Å². The molecule has 0 unspecified atom stereocenters. The monoisotopic (exact) mass is 328 g/mol. The summed E-state index contributed by atoms with van der Waals surface area (Å²) in [5.74, 6) is 1.37. The summed E-state index contributed by atoms with van der Waals surface area (Å²) in [7, 11) is 0. The van der Waals surface area contributed by atoms with Crippen LogP contribution in [0.4, 0.5) is 14.5 Å². The average molecular weight is 328 g/mol. The highest BCUT2D eigenvalue weighted by atomic mass is 32.2. The van der Waals surface area contributed by atoms with Gasteiger partial charge in [0, 0.05) is 43.3 Å². The van der Waals surface area contributed by atoms with E-state index in [1.165, 1.54) is 12.1 Å². The van der Waals surface area contributed by atoms with E-state index in [1.54, 1.807) is 23.5 Å². The summed E-state index contributed by atoms with van der Waals surface area (Å²) in [5.41, 5.74) is 1.52. The van der Waals surface area contributed by atoms with Crippen molar-refractivity contribution < 1.29 is 8.78 Å². The molecule has 3 rings (SSSR count). The third-order valence-electron chi connectivity index (χ3n) is 3.85. The molecule has 0 bridgehead atoms. The van der Waals surface area contributed by atoms with Gasteiger partial charge in [-0.25, -0.2) is 8.78 Å². The van der Waals surface area contributed by atoms with Crippen molar-refractivity contribution >= 4 is 34.9 Å². The van der Waals surface area contributed by atoms with Crippen LogP contribution in [-0.4, -0.2) is 30.3 Å². The Balaban J connectivity index is 1.83. The summed E-state index contributed by atoms with van der Waals surface area (Å²) >= 11 is 3.39. The van der Waals surface area contributed by atoms with E-state index in [2.05, 4.69) is 0 Å². The van der Waals surface area contributed by atoms with Crippen LogP contribution in [0.25, 0.3) is 0 Å². The van der Waals surface area contributed by atoms with Gasteiger partial charge in [0.25, 0.3) is 0 Å². The van der Waals surface area contributed by atoms with Crippen molar-refractivity contribution in [2.45, 2.75) is 23.8 Å². The van der Waals surface area contributed by atoms with Gasteiger partial charge in [-0.2, -0.15) is 0 Å². The molecule has 2 saturated heterocycles. The summed E-state index contributed by atoms with van der Waals surface area (Å²) in [6.07, 6.45) is 2.40. The van der Waals surface area contributed by atoms with Gasteiger partial charge in [-0.15, -0.1) is 23.5 Å². The lowest BCUT2D eigenvalue weighted by atomic mass is 10.1. The van der Waals surface area contributed by atoms with Gasteiger partial charge in [-0.05, 0) is 24.0 Å². The number of anilines is 1. The molecule has 2 fully saturated rings.